The number of fused-ring (bicyclic) bond motifs is 1. The Morgan fingerprint density at radius 3 is 2.05 bits per heavy atom. The number of carbonyl (C=O) groups is 2. The third-order valence-corrected chi connectivity index (χ3v) is 8.58. The maximum Gasteiger partial charge on any atom is 0.191 e. The van der Waals surface area contributed by atoms with Gasteiger partial charge in [0.1, 0.15) is 11.9 Å². The van der Waals surface area contributed by atoms with Crippen molar-refractivity contribution in [2.45, 2.75) is 123 Å². The maximum atomic E-state index is 12.9. The second-order valence-corrected chi connectivity index (χ2v) is 12.0. The van der Waals surface area contributed by atoms with E-state index in [0.717, 1.165) is 84.6 Å². The monoisotopic (exact) mass is 586 g/mol. The molecule has 0 unspecified atom stereocenters. The van der Waals surface area contributed by atoms with Crippen LogP contribution in [0.25, 0.3) is 10.8 Å². The highest BCUT2D eigenvalue weighted by molar-refractivity contribution is 6.00. The molecular weight excluding hydrogens is 532 g/mol. The molecule has 1 atom stereocenters. The second kappa shape index (κ2) is 20.1. The van der Waals surface area contributed by atoms with Crippen molar-refractivity contribution in [2.75, 3.05) is 13.7 Å². The number of aldehydes is 1. The number of rotatable bonds is 23. The van der Waals surface area contributed by atoms with Crippen LogP contribution in [0.3, 0.4) is 0 Å². The molecular formula is C39H54O4. The van der Waals surface area contributed by atoms with Crippen LogP contribution >= 0.6 is 0 Å². The summed E-state index contributed by atoms with van der Waals surface area (Å²) >= 11 is 0. The number of hydrogen-bond donors (Lipinski definition) is 0. The van der Waals surface area contributed by atoms with Crippen LogP contribution in [0.4, 0.5) is 0 Å². The molecule has 0 saturated carbocycles. The van der Waals surface area contributed by atoms with E-state index in [4.69, 9.17) is 9.47 Å². The van der Waals surface area contributed by atoms with E-state index < -0.39 is 0 Å². The molecule has 3 aromatic carbocycles. The van der Waals surface area contributed by atoms with Crippen LogP contribution in [0.15, 0.2) is 54.6 Å². The molecule has 0 N–H and O–H groups in total. The summed E-state index contributed by atoms with van der Waals surface area (Å²) in [5.41, 5.74) is 3.63. The van der Waals surface area contributed by atoms with Crippen LogP contribution in [-0.4, -0.2) is 31.9 Å². The first-order chi connectivity index (χ1) is 21.1. The summed E-state index contributed by atoms with van der Waals surface area (Å²) in [6.07, 6.45) is 19.1. The lowest BCUT2D eigenvalue weighted by Gasteiger charge is -2.14. The van der Waals surface area contributed by atoms with Gasteiger partial charge in [0.05, 0.1) is 6.61 Å². The van der Waals surface area contributed by atoms with E-state index in [0.29, 0.717) is 5.56 Å². The van der Waals surface area contributed by atoms with Crippen molar-refractivity contribution in [3.8, 4) is 5.75 Å². The van der Waals surface area contributed by atoms with E-state index in [2.05, 4.69) is 26.0 Å². The Morgan fingerprint density at radius 1 is 0.744 bits per heavy atom. The zero-order valence-corrected chi connectivity index (χ0v) is 27.0. The van der Waals surface area contributed by atoms with Crippen LogP contribution in [0.2, 0.25) is 0 Å². The molecule has 0 saturated heterocycles. The summed E-state index contributed by atoms with van der Waals surface area (Å²) in [6, 6.07) is 18.1. The fourth-order valence-electron chi connectivity index (χ4n) is 5.84. The van der Waals surface area contributed by atoms with Gasteiger partial charge in [-0.3, -0.25) is 9.59 Å². The second-order valence-electron chi connectivity index (χ2n) is 12.0. The zero-order chi connectivity index (χ0) is 30.7. The van der Waals surface area contributed by atoms with Crippen LogP contribution in [0.5, 0.6) is 5.75 Å². The number of unbranched alkanes of at least 4 members (excludes halogenated alkanes) is 11. The fourth-order valence-corrected chi connectivity index (χ4v) is 5.84. The van der Waals surface area contributed by atoms with Gasteiger partial charge in [-0.05, 0) is 65.8 Å². The normalized spacial score (nSPS) is 12.0. The van der Waals surface area contributed by atoms with Gasteiger partial charge in [0, 0.05) is 18.2 Å². The summed E-state index contributed by atoms with van der Waals surface area (Å²) in [5, 5.41) is 1.99. The van der Waals surface area contributed by atoms with Crippen LogP contribution < -0.4 is 4.74 Å². The van der Waals surface area contributed by atoms with Gasteiger partial charge in [-0.1, -0.05) is 127 Å². The summed E-state index contributed by atoms with van der Waals surface area (Å²) in [5.74, 6) is 0.919. The third-order valence-electron chi connectivity index (χ3n) is 8.58. The standard InChI is InChI=1S/C39H54O4/c1-4-6-8-10-11-12-13-14-16-28-43-35-26-27-36-34(29-35)25-24-32(37(36)30-40)21-18-31-19-22-33(23-20-31)39(41)38(42-3)17-15-9-7-5-2/h19-20,22-27,29-30,38H,4-18,21,28H2,1-3H3/t38-/m1/s1. The van der Waals surface area contributed by atoms with Gasteiger partial charge < -0.3 is 9.47 Å². The van der Waals surface area contributed by atoms with E-state index in [-0.39, 0.29) is 11.9 Å². The van der Waals surface area contributed by atoms with Crippen molar-refractivity contribution in [2.24, 2.45) is 0 Å². The summed E-state index contributed by atoms with van der Waals surface area (Å²) in [4.78, 5) is 25.1. The Balaban J connectivity index is 1.49. The predicted octanol–water partition coefficient (Wildman–Crippen LogP) is 10.5. The van der Waals surface area contributed by atoms with Gasteiger partial charge >= 0.3 is 0 Å². The lowest BCUT2D eigenvalue weighted by molar-refractivity contribution is 0.0572. The van der Waals surface area contributed by atoms with Crippen molar-refractivity contribution in [1.82, 2.24) is 0 Å². The van der Waals surface area contributed by atoms with Gasteiger partial charge in [0.15, 0.2) is 12.1 Å². The number of ketones is 1. The van der Waals surface area contributed by atoms with Crippen LogP contribution in [0.1, 0.15) is 136 Å². The Kier molecular flexibility index (Phi) is 16.1. The first kappa shape index (κ1) is 34.5. The number of Topliss-reactive ketones (excluding diaryl/α,β-unsaturated/α-hetero) is 1. The minimum absolute atomic E-state index is 0.0554. The van der Waals surface area contributed by atoms with E-state index in [9.17, 15) is 9.59 Å². The molecule has 0 heterocycles. The van der Waals surface area contributed by atoms with E-state index >= 15 is 0 Å². The molecule has 4 nitrogen and oxygen atoms in total. The molecule has 0 aliphatic heterocycles. The lowest BCUT2D eigenvalue weighted by Crippen LogP contribution is -2.23. The molecule has 4 heteroatoms. The molecule has 0 aliphatic carbocycles. The average Bonchev–Trinajstić information content (AvgIpc) is 3.04. The minimum atomic E-state index is -0.378. The first-order valence-electron chi connectivity index (χ1n) is 16.9. The highest BCUT2D eigenvalue weighted by atomic mass is 16.5. The fraction of sp³-hybridized carbons (Fsp3) is 0.538. The lowest BCUT2D eigenvalue weighted by atomic mass is 9.94. The Hall–Kier alpha value is -2.98. The molecule has 0 aliphatic rings. The number of ether oxygens (including phenoxy) is 2. The molecule has 3 aromatic rings. The van der Waals surface area contributed by atoms with Gasteiger partial charge in [-0.25, -0.2) is 0 Å². The maximum absolute atomic E-state index is 12.9. The minimum Gasteiger partial charge on any atom is -0.494 e. The summed E-state index contributed by atoms with van der Waals surface area (Å²) in [7, 11) is 1.62. The Morgan fingerprint density at radius 2 is 1.40 bits per heavy atom. The van der Waals surface area contributed by atoms with Crippen LogP contribution in [0, 0.1) is 0 Å². The van der Waals surface area contributed by atoms with Gasteiger partial charge in [0.2, 0.25) is 0 Å². The summed E-state index contributed by atoms with van der Waals surface area (Å²) in [6.45, 7) is 5.18. The average molecular weight is 587 g/mol. The molecule has 0 spiro atoms. The topological polar surface area (TPSA) is 52.6 Å². The van der Waals surface area contributed by atoms with E-state index in [1.165, 1.54) is 64.2 Å². The van der Waals surface area contributed by atoms with E-state index in [1.807, 2.05) is 42.5 Å². The van der Waals surface area contributed by atoms with Crippen molar-refractivity contribution < 1.29 is 19.1 Å². The third kappa shape index (κ3) is 11.6. The molecule has 0 bridgehead atoms. The van der Waals surface area contributed by atoms with Crippen LogP contribution in [-0.2, 0) is 17.6 Å². The quantitative estimate of drug-likeness (QED) is 0.0630. The van der Waals surface area contributed by atoms with Gasteiger partial charge in [-0.2, -0.15) is 0 Å². The van der Waals surface area contributed by atoms with Crippen molar-refractivity contribution in [3.63, 3.8) is 0 Å². The Labute approximate surface area is 260 Å². The first-order valence-corrected chi connectivity index (χ1v) is 16.9. The molecule has 3 rings (SSSR count). The Bertz CT molecular complexity index is 1230. The number of benzene rings is 3. The molecule has 234 valence electrons. The number of carbonyl (C=O) groups excluding carboxylic acids is 2. The zero-order valence-electron chi connectivity index (χ0n) is 27.0. The molecule has 0 radical (unpaired) electrons. The van der Waals surface area contributed by atoms with Crippen molar-refractivity contribution in [1.29, 1.82) is 0 Å². The molecule has 43 heavy (non-hydrogen) atoms. The molecule has 0 amide bonds. The van der Waals surface area contributed by atoms with E-state index in [1.54, 1.807) is 7.11 Å². The largest absolute Gasteiger partial charge is 0.494 e. The SMILES string of the molecule is CCCCCCCCCCCOc1ccc2c(C=O)c(CCc3ccc(C(=O)[C@@H](CCCCCC)OC)cc3)ccc2c1. The number of aryl methyl sites for hydroxylation is 2. The van der Waals surface area contributed by atoms with Gasteiger partial charge in [0.25, 0.3) is 0 Å². The number of methoxy groups -OCH3 is 1. The molecule has 0 aromatic heterocycles. The summed E-state index contributed by atoms with van der Waals surface area (Å²) < 4.78 is 11.5. The van der Waals surface area contributed by atoms with Crippen molar-refractivity contribution in [3.05, 3.63) is 76.9 Å². The number of hydrogen-bond acceptors (Lipinski definition) is 4. The smallest absolute Gasteiger partial charge is 0.191 e. The predicted molar refractivity (Wildman–Crippen MR) is 180 cm³/mol. The van der Waals surface area contributed by atoms with Crippen molar-refractivity contribution >= 4 is 22.8 Å². The molecule has 0 fully saturated rings. The van der Waals surface area contributed by atoms with Gasteiger partial charge in [-0.15, -0.1) is 0 Å². The highest BCUT2D eigenvalue weighted by Gasteiger charge is 2.19. The highest BCUT2D eigenvalue weighted by Crippen LogP contribution is 2.27.